The van der Waals surface area contributed by atoms with Gasteiger partial charge in [0.25, 0.3) is 0 Å². The topological polar surface area (TPSA) is 62.5 Å². The third kappa shape index (κ3) is 4.12. The van der Waals surface area contributed by atoms with E-state index in [1.807, 2.05) is 38.2 Å². The number of hydrogen-bond acceptors (Lipinski definition) is 5. The highest BCUT2D eigenvalue weighted by molar-refractivity contribution is 5.77. The molecule has 4 rings (SSSR count). The van der Waals surface area contributed by atoms with Gasteiger partial charge in [0.15, 0.2) is 0 Å². The number of hydrogen-bond donors (Lipinski definition) is 0. The summed E-state index contributed by atoms with van der Waals surface area (Å²) in [5.41, 5.74) is 3.48. The van der Waals surface area contributed by atoms with E-state index in [9.17, 15) is 4.79 Å². The van der Waals surface area contributed by atoms with Crippen LogP contribution in [-0.2, 0) is 17.8 Å². The maximum Gasteiger partial charge on any atom is 0.222 e. The summed E-state index contributed by atoms with van der Waals surface area (Å²) in [4.78, 5) is 21.6. The van der Waals surface area contributed by atoms with E-state index in [-0.39, 0.29) is 5.41 Å². The van der Waals surface area contributed by atoms with Gasteiger partial charge in [-0.25, -0.2) is 0 Å². The van der Waals surface area contributed by atoms with Gasteiger partial charge in [-0.15, -0.1) is 0 Å². The second kappa shape index (κ2) is 8.03. The number of aromatic nitrogens is 2. The predicted octanol–water partition coefficient (Wildman–Crippen LogP) is 3.13. The van der Waals surface area contributed by atoms with Crippen LogP contribution in [0.4, 0.5) is 0 Å². The molecule has 2 fully saturated rings. The molecular weight excluding hydrogens is 352 g/mol. The van der Waals surface area contributed by atoms with Crippen molar-refractivity contribution in [2.24, 2.45) is 5.41 Å². The van der Waals surface area contributed by atoms with E-state index < -0.39 is 0 Å². The summed E-state index contributed by atoms with van der Waals surface area (Å²) in [6.45, 7) is 8.69. The number of aryl methyl sites for hydroxylation is 2. The number of carbonyl (C=O) groups is 1. The molecule has 0 aliphatic carbocycles. The van der Waals surface area contributed by atoms with E-state index in [1.165, 1.54) is 18.4 Å². The summed E-state index contributed by atoms with van der Waals surface area (Å²) >= 11 is 0. The maximum atomic E-state index is 12.5. The Balaban J connectivity index is 1.41. The van der Waals surface area contributed by atoms with Crippen molar-refractivity contribution in [2.75, 3.05) is 26.2 Å². The first-order chi connectivity index (χ1) is 13.5. The highest BCUT2D eigenvalue weighted by Crippen LogP contribution is 2.39. The van der Waals surface area contributed by atoms with Gasteiger partial charge >= 0.3 is 0 Å². The van der Waals surface area contributed by atoms with E-state index in [0.29, 0.717) is 12.3 Å². The van der Waals surface area contributed by atoms with Crippen LogP contribution in [0.2, 0.25) is 0 Å². The van der Waals surface area contributed by atoms with Crippen LogP contribution in [0.1, 0.15) is 48.4 Å². The molecule has 2 aliphatic heterocycles. The Hall–Kier alpha value is -2.21. The molecule has 150 valence electrons. The van der Waals surface area contributed by atoms with Crippen LogP contribution in [0.3, 0.4) is 0 Å². The van der Waals surface area contributed by atoms with E-state index in [2.05, 4.69) is 19.9 Å². The number of amides is 1. The van der Waals surface area contributed by atoms with Crippen LogP contribution in [0.15, 0.2) is 28.9 Å². The van der Waals surface area contributed by atoms with Crippen molar-refractivity contribution in [3.05, 3.63) is 47.1 Å². The van der Waals surface area contributed by atoms with Gasteiger partial charge in [-0.3, -0.25) is 14.7 Å². The lowest BCUT2D eigenvalue weighted by Crippen LogP contribution is -2.54. The van der Waals surface area contributed by atoms with E-state index >= 15 is 0 Å². The van der Waals surface area contributed by atoms with Crippen molar-refractivity contribution < 1.29 is 9.32 Å². The zero-order valence-corrected chi connectivity index (χ0v) is 17.0. The molecule has 0 N–H and O–H groups in total. The number of pyridine rings is 1. The van der Waals surface area contributed by atoms with Crippen molar-refractivity contribution in [1.82, 2.24) is 19.9 Å². The Morgan fingerprint density at radius 3 is 2.86 bits per heavy atom. The van der Waals surface area contributed by atoms with E-state index in [4.69, 9.17) is 4.52 Å². The molecule has 6 nitrogen and oxygen atoms in total. The van der Waals surface area contributed by atoms with Gasteiger partial charge in [-0.1, -0.05) is 11.2 Å². The molecule has 0 radical (unpaired) electrons. The van der Waals surface area contributed by atoms with Gasteiger partial charge in [-0.05, 0) is 51.8 Å². The fraction of sp³-hybridized carbons (Fsp3) is 0.591. The Kier molecular flexibility index (Phi) is 5.49. The number of likely N-dealkylation sites (tertiary alicyclic amines) is 2. The molecule has 0 saturated carbocycles. The minimum absolute atomic E-state index is 0.218. The lowest BCUT2D eigenvalue weighted by molar-refractivity contribution is -0.139. The van der Waals surface area contributed by atoms with E-state index in [0.717, 1.165) is 62.7 Å². The molecule has 0 bridgehead atoms. The lowest BCUT2D eigenvalue weighted by atomic mass is 9.73. The van der Waals surface area contributed by atoms with Gasteiger partial charge in [0.1, 0.15) is 5.76 Å². The summed E-state index contributed by atoms with van der Waals surface area (Å²) < 4.78 is 5.34. The highest BCUT2D eigenvalue weighted by Gasteiger charge is 2.41. The van der Waals surface area contributed by atoms with Crippen LogP contribution in [0.25, 0.3) is 0 Å². The molecule has 2 aromatic rings. The average Bonchev–Trinajstić information content (AvgIpc) is 3.02. The SMILES string of the molecule is Cc1noc(C)c1CN1CCC[C@]2(CCC(=O)N(CCc3ccccn3)C2)C1. The molecule has 28 heavy (non-hydrogen) atoms. The molecule has 0 unspecified atom stereocenters. The number of nitrogens with zero attached hydrogens (tertiary/aromatic N) is 4. The van der Waals surface area contributed by atoms with Crippen molar-refractivity contribution in [3.8, 4) is 0 Å². The second-order valence-electron chi connectivity index (χ2n) is 8.50. The molecule has 0 aromatic carbocycles. The molecule has 1 amide bonds. The lowest BCUT2D eigenvalue weighted by Gasteiger charge is -2.48. The zero-order valence-electron chi connectivity index (χ0n) is 17.0. The first-order valence-corrected chi connectivity index (χ1v) is 10.4. The second-order valence-corrected chi connectivity index (χ2v) is 8.50. The molecule has 2 saturated heterocycles. The summed E-state index contributed by atoms with van der Waals surface area (Å²) in [5.74, 6) is 1.22. The number of carbonyl (C=O) groups excluding carboxylic acids is 1. The number of rotatable bonds is 5. The summed E-state index contributed by atoms with van der Waals surface area (Å²) in [7, 11) is 0. The van der Waals surface area contributed by atoms with Gasteiger partial charge in [0.05, 0.1) is 5.69 Å². The molecule has 2 aliphatic rings. The first-order valence-electron chi connectivity index (χ1n) is 10.4. The van der Waals surface area contributed by atoms with Gasteiger partial charge in [-0.2, -0.15) is 0 Å². The van der Waals surface area contributed by atoms with Crippen LogP contribution in [0.5, 0.6) is 0 Å². The third-order valence-electron chi connectivity index (χ3n) is 6.42. The van der Waals surface area contributed by atoms with Crippen LogP contribution in [-0.4, -0.2) is 52.0 Å². The first kappa shape index (κ1) is 19.1. The zero-order chi connectivity index (χ0) is 19.6. The van der Waals surface area contributed by atoms with Crippen LogP contribution < -0.4 is 0 Å². The normalized spacial score (nSPS) is 23.5. The van der Waals surface area contributed by atoms with E-state index in [1.54, 1.807) is 0 Å². The molecule has 2 aromatic heterocycles. The third-order valence-corrected chi connectivity index (χ3v) is 6.42. The molecule has 1 spiro atoms. The van der Waals surface area contributed by atoms with Crippen molar-refractivity contribution in [3.63, 3.8) is 0 Å². The standard InChI is InChI=1S/C22H30N4O2/c1-17-20(18(2)28-24-17)14-25-12-5-9-22(15-25)10-7-21(27)26(16-22)13-8-19-6-3-4-11-23-19/h3-4,6,11H,5,7-10,12-16H2,1-2H3/t22-/m0/s1. The fourth-order valence-corrected chi connectivity index (χ4v) is 4.83. The Bertz CT molecular complexity index is 800. The minimum atomic E-state index is 0.218. The largest absolute Gasteiger partial charge is 0.361 e. The van der Waals surface area contributed by atoms with Gasteiger partial charge in [0, 0.05) is 61.9 Å². The minimum Gasteiger partial charge on any atom is -0.361 e. The molecule has 4 heterocycles. The highest BCUT2D eigenvalue weighted by atomic mass is 16.5. The fourth-order valence-electron chi connectivity index (χ4n) is 4.83. The van der Waals surface area contributed by atoms with Gasteiger partial charge < -0.3 is 9.42 Å². The Labute approximate surface area is 166 Å². The predicted molar refractivity (Wildman–Crippen MR) is 107 cm³/mol. The smallest absolute Gasteiger partial charge is 0.222 e. The average molecular weight is 383 g/mol. The Morgan fingerprint density at radius 1 is 1.21 bits per heavy atom. The number of piperidine rings is 2. The summed E-state index contributed by atoms with van der Waals surface area (Å²) in [6.07, 6.45) is 6.71. The van der Waals surface area contributed by atoms with Crippen molar-refractivity contribution >= 4 is 5.91 Å². The summed E-state index contributed by atoms with van der Waals surface area (Å²) in [5, 5.41) is 4.10. The molecule has 1 atom stereocenters. The van der Waals surface area contributed by atoms with Crippen LogP contribution >= 0.6 is 0 Å². The molecule has 6 heteroatoms. The molecular formula is C22H30N4O2. The van der Waals surface area contributed by atoms with Crippen LogP contribution in [0, 0.1) is 19.3 Å². The Morgan fingerprint density at radius 2 is 2.11 bits per heavy atom. The summed E-state index contributed by atoms with van der Waals surface area (Å²) in [6, 6.07) is 5.98. The monoisotopic (exact) mass is 382 g/mol. The van der Waals surface area contributed by atoms with Crippen molar-refractivity contribution in [2.45, 2.75) is 52.5 Å². The van der Waals surface area contributed by atoms with Gasteiger partial charge in [0.2, 0.25) is 5.91 Å². The maximum absolute atomic E-state index is 12.5. The van der Waals surface area contributed by atoms with Crippen molar-refractivity contribution in [1.29, 1.82) is 0 Å². The quantitative estimate of drug-likeness (QED) is 0.795.